The lowest BCUT2D eigenvalue weighted by Crippen LogP contribution is -2.40. The fraction of sp³-hybridized carbons (Fsp3) is 0.615. The molecule has 1 fully saturated rings. The van der Waals surface area contributed by atoms with Crippen LogP contribution in [0.5, 0.6) is 0 Å². The normalized spacial score (nSPS) is 15.3. The van der Waals surface area contributed by atoms with E-state index < -0.39 is 0 Å². The molecule has 0 saturated heterocycles. The fourth-order valence-corrected chi connectivity index (χ4v) is 2.93. The number of anilines is 2. The summed E-state index contributed by atoms with van der Waals surface area (Å²) in [5.41, 5.74) is 5.39. The third kappa shape index (κ3) is 3.53. The van der Waals surface area contributed by atoms with Gasteiger partial charge in [0, 0.05) is 19.2 Å². The molecular formula is C13H21N5OS. The van der Waals surface area contributed by atoms with Gasteiger partial charge in [-0.2, -0.15) is 0 Å². The standard InChI is InChI=1S/C13H21N5OS/c1-15-11-7-12(17-13(16-11)20-2)18(8-10(14)19)9-5-3-4-6-9/h7,9H,3-6,8H2,1-2H3,(H2,14,19)(H,15,16,17). The summed E-state index contributed by atoms with van der Waals surface area (Å²) < 4.78 is 0. The van der Waals surface area contributed by atoms with Crippen LogP contribution in [-0.4, -0.2) is 41.8 Å². The average molecular weight is 295 g/mol. The number of hydrogen-bond donors (Lipinski definition) is 2. The number of aromatic nitrogens is 2. The van der Waals surface area contributed by atoms with E-state index in [1.807, 2.05) is 24.3 Å². The maximum Gasteiger partial charge on any atom is 0.237 e. The van der Waals surface area contributed by atoms with E-state index in [4.69, 9.17) is 5.73 Å². The lowest BCUT2D eigenvalue weighted by Gasteiger charge is -2.29. The predicted octanol–water partition coefficient (Wildman–Crippen LogP) is 1.47. The molecule has 0 bridgehead atoms. The molecule has 1 aliphatic rings. The lowest BCUT2D eigenvalue weighted by molar-refractivity contribution is -0.116. The zero-order valence-corrected chi connectivity index (χ0v) is 12.7. The molecule has 110 valence electrons. The van der Waals surface area contributed by atoms with Crippen molar-refractivity contribution in [3.63, 3.8) is 0 Å². The molecule has 6 nitrogen and oxygen atoms in total. The van der Waals surface area contributed by atoms with Gasteiger partial charge in [0.05, 0.1) is 6.54 Å². The second kappa shape index (κ2) is 6.78. The lowest BCUT2D eigenvalue weighted by atomic mass is 10.2. The molecule has 2 rings (SSSR count). The van der Waals surface area contributed by atoms with E-state index in [1.54, 1.807) is 0 Å². The molecule has 1 heterocycles. The van der Waals surface area contributed by atoms with Crippen LogP contribution in [0, 0.1) is 0 Å². The van der Waals surface area contributed by atoms with Gasteiger partial charge in [0.25, 0.3) is 0 Å². The smallest absolute Gasteiger partial charge is 0.237 e. The Bertz CT molecular complexity index is 454. The van der Waals surface area contributed by atoms with Crippen LogP contribution < -0.4 is 16.0 Å². The fourth-order valence-electron chi connectivity index (χ4n) is 2.56. The van der Waals surface area contributed by atoms with E-state index in [0.717, 1.165) is 24.5 Å². The molecule has 0 aliphatic heterocycles. The molecule has 0 atom stereocenters. The molecule has 1 aromatic heterocycles. The number of nitrogens with zero attached hydrogens (tertiary/aromatic N) is 3. The van der Waals surface area contributed by atoms with Crippen molar-refractivity contribution in [2.45, 2.75) is 36.9 Å². The molecule has 20 heavy (non-hydrogen) atoms. The van der Waals surface area contributed by atoms with Gasteiger partial charge in [-0.1, -0.05) is 24.6 Å². The maximum atomic E-state index is 11.4. The second-order valence-corrected chi connectivity index (χ2v) is 5.65. The minimum Gasteiger partial charge on any atom is -0.373 e. The third-order valence-corrected chi connectivity index (χ3v) is 4.06. The topological polar surface area (TPSA) is 84.1 Å². The first kappa shape index (κ1) is 14.9. The summed E-state index contributed by atoms with van der Waals surface area (Å²) in [5.74, 6) is 1.21. The molecule has 3 N–H and O–H groups in total. The van der Waals surface area contributed by atoms with E-state index in [9.17, 15) is 4.79 Å². The molecule has 1 amide bonds. The van der Waals surface area contributed by atoms with Gasteiger partial charge in [-0.15, -0.1) is 0 Å². The van der Waals surface area contributed by atoms with E-state index in [1.165, 1.54) is 24.6 Å². The van der Waals surface area contributed by atoms with Crippen LogP contribution in [0.2, 0.25) is 0 Å². The number of rotatable bonds is 6. The highest BCUT2D eigenvalue weighted by molar-refractivity contribution is 7.98. The highest BCUT2D eigenvalue weighted by atomic mass is 32.2. The van der Waals surface area contributed by atoms with Crippen LogP contribution in [0.15, 0.2) is 11.2 Å². The molecule has 0 spiro atoms. The highest BCUT2D eigenvalue weighted by Crippen LogP contribution is 2.29. The van der Waals surface area contributed by atoms with Crippen molar-refractivity contribution in [2.24, 2.45) is 5.73 Å². The van der Waals surface area contributed by atoms with Gasteiger partial charge in [-0.05, 0) is 19.1 Å². The summed E-state index contributed by atoms with van der Waals surface area (Å²) in [6.07, 6.45) is 6.49. The molecule has 1 aliphatic carbocycles. The van der Waals surface area contributed by atoms with E-state index in [-0.39, 0.29) is 12.5 Å². The molecular weight excluding hydrogens is 274 g/mol. The molecule has 0 unspecified atom stereocenters. The van der Waals surface area contributed by atoms with Gasteiger partial charge in [-0.25, -0.2) is 9.97 Å². The van der Waals surface area contributed by atoms with Crippen molar-refractivity contribution in [1.82, 2.24) is 9.97 Å². The van der Waals surface area contributed by atoms with E-state index in [0.29, 0.717) is 11.2 Å². The Morgan fingerprint density at radius 1 is 1.50 bits per heavy atom. The number of amides is 1. The Balaban J connectivity index is 2.33. The molecule has 0 radical (unpaired) electrons. The van der Waals surface area contributed by atoms with Crippen molar-refractivity contribution in [3.05, 3.63) is 6.07 Å². The largest absolute Gasteiger partial charge is 0.373 e. The number of hydrogen-bond acceptors (Lipinski definition) is 6. The molecule has 0 aromatic carbocycles. The van der Waals surface area contributed by atoms with Crippen LogP contribution in [0.3, 0.4) is 0 Å². The summed E-state index contributed by atoms with van der Waals surface area (Å²) in [5, 5.41) is 3.73. The van der Waals surface area contributed by atoms with Gasteiger partial charge in [0.1, 0.15) is 11.6 Å². The second-order valence-electron chi connectivity index (χ2n) is 4.88. The Morgan fingerprint density at radius 2 is 2.20 bits per heavy atom. The van der Waals surface area contributed by atoms with Gasteiger partial charge >= 0.3 is 0 Å². The average Bonchev–Trinajstić information content (AvgIpc) is 2.97. The zero-order chi connectivity index (χ0) is 14.5. The molecule has 7 heteroatoms. The zero-order valence-electron chi connectivity index (χ0n) is 11.9. The minimum atomic E-state index is -0.327. The Hall–Kier alpha value is -1.50. The number of carbonyl (C=O) groups is 1. The van der Waals surface area contributed by atoms with Crippen LogP contribution in [-0.2, 0) is 4.79 Å². The Morgan fingerprint density at radius 3 is 2.75 bits per heavy atom. The van der Waals surface area contributed by atoms with Gasteiger partial charge in [-0.3, -0.25) is 4.79 Å². The Kier molecular flexibility index (Phi) is 5.05. The van der Waals surface area contributed by atoms with Crippen LogP contribution in [0.25, 0.3) is 0 Å². The van der Waals surface area contributed by atoms with Crippen LogP contribution in [0.4, 0.5) is 11.6 Å². The minimum absolute atomic E-state index is 0.207. The summed E-state index contributed by atoms with van der Waals surface area (Å²) in [6.45, 7) is 0.207. The number of primary amides is 1. The van der Waals surface area contributed by atoms with Crippen LogP contribution in [0.1, 0.15) is 25.7 Å². The first-order chi connectivity index (χ1) is 9.63. The van der Waals surface area contributed by atoms with Crippen molar-refractivity contribution in [1.29, 1.82) is 0 Å². The van der Waals surface area contributed by atoms with E-state index >= 15 is 0 Å². The van der Waals surface area contributed by atoms with Crippen molar-refractivity contribution in [3.8, 4) is 0 Å². The quantitative estimate of drug-likeness (QED) is 0.611. The van der Waals surface area contributed by atoms with Crippen molar-refractivity contribution < 1.29 is 4.79 Å². The summed E-state index contributed by atoms with van der Waals surface area (Å²) in [7, 11) is 1.82. The van der Waals surface area contributed by atoms with Crippen LogP contribution >= 0.6 is 11.8 Å². The first-order valence-corrected chi connectivity index (χ1v) is 8.02. The van der Waals surface area contributed by atoms with Crippen molar-refractivity contribution >= 4 is 29.3 Å². The number of nitrogens with two attached hydrogens (primary N) is 1. The number of thioether (sulfide) groups is 1. The summed E-state index contributed by atoms with van der Waals surface area (Å²) in [6, 6.07) is 2.22. The maximum absolute atomic E-state index is 11.4. The molecule has 1 aromatic rings. The highest BCUT2D eigenvalue weighted by Gasteiger charge is 2.25. The summed E-state index contributed by atoms with van der Waals surface area (Å²) in [4.78, 5) is 22.3. The van der Waals surface area contributed by atoms with Gasteiger partial charge in [0.15, 0.2) is 5.16 Å². The Labute approximate surface area is 123 Å². The number of nitrogens with one attached hydrogen (secondary N) is 1. The SMILES string of the molecule is CNc1cc(N(CC(N)=O)C2CCCC2)nc(SC)n1. The molecule has 1 saturated carbocycles. The van der Waals surface area contributed by atoms with Gasteiger partial charge < -0.3 is 16.0 Å². The third-order valence-electron chi connectivity index (χ3n) is 3.52. The first-order valence-electron chi connectivity index (χ1n) is 6.80. The summed E-state index contributed by atoms with van der Waals surface area (Å²) >= 11 is 1.49. The number of carbonyl (C=O) groups excluding carboxylic acids is 1. The van der Waals surface area contributed by atoms with Crippen molar-refractivity contribution in [2.75, 3.05) is 30.1 Å². The van der Waals surface area contributed by atoms with Gasteiger partial charge in [0.2, 0.25) is 5.91 Å². The predicted molar refractivity (Wildman–Crippen MR) is 82.2 cm³/mol. The monoisotopic (exact) mass is 295 g/mol. The van der Waals surface area contributed by atoms with E-state index in [2.05, 4.69) is 15.3 Å².